The van der Waals surface area contributed by atoms with Crippen LogP contribution in [0.1, 0.15) is 25.1 Å². The Bertz CT molecular complexity index is 631. The van der Waals surface area contributed by atoms with Crippen molar-refractivity contribution in [1.82, 2.24) is 4.57 Å². The zero-order chi connectivity index (χ0) is 16.2. The number of hydrogen-bond donors (Lipinski definition) is 2. The zero-order valence-corrected chi connectivity index (χ0v) is 14.4. The zero-order valence-electron chi connectivity index (χ0n) is 13.6. The Morgan fingerprint density at radius 3 is 2.57 bits per heavy atom. The Balaban J connectivity index is 0.00000106. The van der Waals surface area contributed by atoms with E-state index < -0.39 is 6.04 Å². The van der Waals surface area contributed by atoms with Gasteiger partial charge in [0.15, 0.2) is 0 Å². The van der Waals surface area contributed by atoms with Crippen LogP contribution in [0.25, 0.3) is 10.9 Å². The summed E-state index contributed by atoms with van der Waals surface area (Å²) in [6.07, 6.45) is 2.69. The third-order valence-corrected chi connectivity index (χ3v) is 4.44. The number of thioether (sulfide) groups is 1. The highest BCUT2D eigenvalue weighted by Crippen LogP contribution is 2.32. The number of aryl methyl sites for hydroxylation is 1. The van der Waals surface area contributed by atoms with Crippen molar-refractivity contribution in [1.29, 1.82) is 0 Å². The maximum absolute atomic E-state index is 9.42. The van der Waals surface area contributed by atoms with Crippen LogP contribution in [-0.2, 0) is 13.5 Å². The molecule has 3 nitrogen and oxygen atoms in total. The van der Waals surface area contributed by atoms with Crippen molar-refractivity contribution in [2.24, 2.45) is 12.8 Å². The number of aliphatic hydroxyl groups is 1. The first-order valence-corrected chi connectivity index (χ1v) is 8.44. The Hall–Kier alpha value is -1.39. The van der Waals surface area contributed by atoms with Crippen molar-refractivity contribution in [2.45, 2.75) is 38.1 Å². The maximum Gasteiger partial charge on any atom is 0.102 e. The molecular weight excluding hydrogens is 280 g/mol. The van der Waals surface area contributed by atoms with E-state index in [2.05, 4.69) is 49.6 Å². The maximum atomic E-state index is 9.42. The average Bonchev–Trinajstić information content (AvgIpc) is 2.74. The van der Waals surface area contributed by atoms with Gasteiger partial charge in [0.1, 0.15) is 5.76 Å². The van der Waals surface area contributed by atoms with Gasteiger partial charge in [0.05, 0.1) is 11.6 Å². The number of aromatic nitrogens is 1. The molecule has 0 fully saturated rings. The van der Waals surface area contributed by atoms with E-state index in [0.29, 0.717) is 6.42 Å². The summed E-state index contributed by atoms with van der Waals surface area (Å²) in [6.45, 7) is 9.61. The Morgan fingerprint density at radius 1 is 1.43 bits per heavy atom. The van der Waals surface area contributed by atoms with Gasteiger partial charge < -0.3 is 15.4 Å². The molecule has 1 atom stereocenters. The molecule has 0 saturated carbocycles. The van der Waals surface area contributed by atoms with Crippen molar-refractivity contribution in [3.05, 3.63) is 41.8 Å². The second kappa shape index (κ2) is 7.57. The number of nitrogens with zero attached hydrogens (tertiary/aromatic N) is 1. The average molecular weight is 306 g/mol. The first-order chi connectivity index (χ1) is 9.97. The molecule has 116 valence electrons. The summed E-state index contributed by atoms with van der Waals surface area (Å²) in [5.41, 5.74) is 9.54. The third-order valence-electron chi connectivity index (χ3n) is 3.67. The van der Waals surface area contributed by atoms with Crippen molar-refractivity contribution in [3.8, 4) is 0 Å². The van der Waals surface area contributed by atoms with Gasteiger partial charge in [-0.3, -0.25) is 0 Å². The van der Waals surface area contributed by atoms with Gasteiger partial charge in [-0.1, -0.05) is 32.6 Å². The molecule has 3 N–H and O–H groups in total. The Labute approximate surface area is 131 Å². The fourth-order valence-electron chi connectivity index (χ4n) is 2.44. The second-order valence-corrected chi connectivity index (χ2v) is 5.63. The van der Waals surface area contributed by atoms with E-state index in [-0.39, 0.29) is 5.76 Å². The van der Waals surface area contributed by atoms with Gasteiger partial charge in [0, 0.05) is 23.0 Å². The Morgan fingerprint density at radius 2 is 2.05 bits per heavy atom. The van der Waals surface area contributed by atoms with Gasteiger partial charge in [-0.25, -0.2) is 0 Å². The number of nitrogens with two attached hydrogens (primary N) is 1. The number of rotatable bonds is 4. The normalized spacial score (nSPS) is 11.9. The van der Waals surface area contributed by atoms with Crippen LogP contribution in [0.4, 0.5) is 0 Å². The molecule has 2 rings (SSSR count). The largest absolute Gasteiger partial charge is 0.511 e. The molecule has 1 unspecified atom stereocenters. The van der Waals surface area contributed by atoms with E-state index in [1.165, 1.54) is 27.1 Å². The van der Waals surface area contributed by atoms with E-state index in [1.807, 2.05) is 13.8 Å². The first kappa shape index (κ1) is 17.7. The lowest BCUT2D eigenvalue weighted by molar-refractivity contribution is 0.368. The summed E-state index contributed by atoms with van der Waals surface area (Å²) in [7, 11) is 2.07. The van der Waals surface area contributed by atoms with Crippen LogP contribution in [0.2, 0.25) is 0 Å². The molecule has 1 aromatic carbocycles. The molecule has 2 aromatic rings. The summed E-state index contributed by atoms with van der Waals surface area (Å²) in [4.78, 5) is 1.26. The molecule has 0 saturated heterocycles. The molecule has 0 aliphatic heterocycles. The summed E-state index contributed by atoms with van der Waals surface area (Å²) in [5, 5.41) is 10.6. The number of aliphatic hydroxyl groups excluding tert-OH is 1. The summed E-state index contributed by atoms with van der Waals surface area (Å²) in [5.74, 6) is 0.0393. The van der Waals surface area contributed by atoms with E-state index in [4.69, 9.17) is 5.73 Å². The van der Waals surface area contributed by atoms with E-state index in [9.17, 15) is 5.11 Å². The number of para-hydroxylation sites is 1. The van der Waals surface area contributed by atoms with Gasteiger partial charge in [-0.2, -0.15) is 0 Å². The number of benzene rings is 1. The molecule has 1 heterocycles. The Kier molecular flexibility index (Phi) is 6.37. The van der Waals surface area contributed by atoms with Crippen LogP contribution in [0, 0.1) is 6.92 Å². The first-order valence-electron chi connectivity index (χ1n) is 7.21. The van der Waals surface area contributed by atoms with Crippen molar-refractivity contribution < 1.29 is 5.11 Å². The van der Waals surface area contributed by atoms with Crippen LogP contribution < -0.4 is 5.73 Å². The second-order valence-electron chi connectivity index (χ2n) is 4.78. The van der Waals surface area contributed by atoms with Crippen LogP contribution in [-0.4, -0.2) is 22.0 Å². The summed E-state index contributed by atoms with van der Waals surface area (Å²) in [6, 6.07) is 5.89. The molecule has 4 heteroatoms. The molecule has 0 amide bonds. The highest BCUT2D eigenvalue weighted by Gasteiger charge is 2.17. The van der Waals surface area contributed by atoms with Crippen molar-refractivity contribution >= 4 is 22.7 Å². The lowest BCUT2D eigenvalue weighted by Crippen LogP contribution is -2.25. The smallest absolute Gasteiger partial charge is 0.102 e. The molecular formula is C17H26N2OS. The predicted molar refractivity (Wildman–Crippen MR) is 94.2 cm³/mol. The molecule has 0 bridgehead atoms. The molecule has 0 spiro atoms. The summed E-state index contributed by atoms with van der Waals surface area (Å²) >= 11 is 1.74. The van der Waals surface area contributed by atoms with E-state index >= 15 is 0 Å². The minimum atomic E-state index is -0.415. The van der Waals surface area contributed by atoms with Gasteiger partial charge in [0.2, 0.25) is 0 Å². The van der Waals surface area contributed by atoms with E-state index in [1.54, 1.807) is 11.8 Å². The minimum absolute atomic E-state index is 0.0393. The molecule has 0 aliphatic rings. The lowest BCUT2D eigenvalue weighted by Gasteiger charge is -2.10. The molecule has 0 aliphatic carbocycles. The minimum Gasteiger partial charge on any atom is -0.511 e. The fraction of sp³-hybridized carbons (Fsp3) is 0.412. The van der Waals surface area contributed by atoms with E-state index in [0.717, 1.165) is 0 Å². The number of hydrogen-bond acceptors (Lipinski definition) is 3. The van der Waals surface area contributed by atoms with Gasteiger partial charge >= 0.3 is 0 Å². The van der Waals surface area contributed by atoms with Crippen molar-refractivity contribution in [2.75, 3.05) is 6.26 Å². The fourth-order valence-corrected chi connectivity index (χ4v) is 3.09. The standard InChI is InChI=1S/C15H20N2OS.C2H6/c1-9-12(8-13(16)10(2)18)11-6-5-7-14(19-4)15(11)17(9)3;1-2/h5-7,13,18H,2,8,16H2,1,3-4H3;1-2H3. The van der Waals surface area contributed by atoms with Crippen LogP contribution in [0.5, 0.6) is 0 Å². The van der Waals surface area contributed by atoms with Gasteiger partial charge in [-0.05, 0) is 31.2 Å². The molecule has 0 radical (unpaired) electrons. The SMILES string of the molecule is C=C(O)C(N)Cc1c(C)n(C)c2c(SC)cccc12.CC. The van der Waals surface area contributed by atoms with Crippen LogP contribution in [0.3, 0.4) is 0 Å². The summed E-state index contributed by atoms with van der Waals surface area (Å²) < 4.78 is 2.20. The van der Waals surface area contributed by atoms with Crippen LogP contribution in [0.15, 0.2) is 35.4 Å². The van der Waals surface area contributed by atoms with Crippen molar-refractivity contribution in [3.63, 3.8) is 0 Å². The molecule has 1 aromatic heterocycles. The monoisotopic (exact) mass is 306 g/mol. The lowest BCUT2D eigenvalue weighted by atomic mass is 10.0. The third kappa shape index (κ3) is 3.44. The van der Waals surface area contributed by atoms with Gasteiger partial charge in [-0.15, -0.1) is 11.8 Å². The number of fused-ring (bicyclic) bond motifs is 1. The highest BCUT2D eigenvalue weighted by molar-refractivity contribution is 7.98. The predicted octanol–water partition coefficient (Wildman–Crippen LogP) is 4.18. The topological polar surface area (TPSA) is 51.2 Å². The quantitative estimate of drug-likeness (QED) is 0.658. The molecule has 21 heavy (non-hydrogen) atoms. The van der Waals surface area contributed by atoms with Gasteiger partial charge in [0.25, 0.3) is 0 Å². The van der Waals surface area contributed by atoms with Crippen LogP contribution >= 0.6 is 11.8 Å². The highest BCUT2D eigenvalue weighted by atomic mass is 32.2.